The molecule has 0 unspecified atom stereocenters. The number of anilines is 1. The predicted octanol–water partition coefficient (Wildman–Crippen LogP) is -1.88. The Hall–Kier alpha value is -2.81. The molecule has 24 heavy (non-hydrogen) atoms. The maximum Gasteiger partial charge on any atom is 0.339 e. The lowest BCUT2D eigenvalue weighted by Crippen LogP contribution is -3.16. The van der Waals surface area contributed by atoms with Gasteiger partial charge in [0.1, 0.15) is 0 Å². The standard InChI is InChI=1S/C15H18N6O3/c1-2-6-20-12(22)13(23)21(15(20)24)11-18-7-9-19(10-8-18)14-16-4-3-5-17-14/h2-5H,1,6-11H2/p+1. The van der Waals surface area contributed by atoms with E-state index in [1.165, 1.54) is 6.08 Å². The Bertz CT molecular complexity index is 656. The number of urea groups is 1. The molecule has 9 heteroatoms. The molecule has 2 fully saturated rings. The summed E-state index contributed by atoms with van der Waals surface area (Å²) < 4.78 is 0. The number of hydrogen-bond acceptors (Lipinski definition) is 6. The molecule has 0 bridgehead atoms. The molecule has 0 aliphatic carbocycles. The molecule has 0 saturated carbocycles. The van der Waals surface area contributed by atoms with Gasteiger partial charge in [-0.3, -0.25) is 14.5 Å². The minimum absolute atomic E-state index is 0.0500. The van der Waals surface area contributed by atoms with Crippen molar-refractivity contribution in [3.05, 3.63) is 31.1 Å². The summed E-state index contributed by atoms with van der Waals surface area (Å²) in [7, 11) is 0. The van der Waals surface area contributed by atoms with Crippen molar-refractivity contribution in [2.24, 2.45) is 0 Å². The highest BCUT2D eigenvalue weighted by molar-refractivity contribution is 6.44. The molecule has 1 N–H and O–H groups in total. The number of carbonyl (C=O) groups is 3. The van der Waals surface area contributed by atoms with Gasteiger partial charge in [0.15, 0.2) is 6.67 Å². The summed E-state index contributed by atoms with van der Waals surface area (Å²) in [4.78, 5) is 49.5. The summed E-state index contributed by atoms with van der Waals surface area (Å²) in [5.41, 5.74) is 0. The normalized spacial score (nSPS) is 19.3. The number of carbonyl (C=O) groups excluding carboxylic acids is 3. The van der Waals surface area contributed by atoms with Crippen LogP contribution in [0.1, 0.15) is 0 Å². The quantitative estimate of drug-likeness (QED) is 0.386. The third-order valence-corrected chi connectivity index (χ3v) is 4.13. The van der Waals surface area contributed by atoms with Gasteiger partial charge in [0.2, 0.25) is 5.95 Å². The summed E-state index contributed by atoms with van der Waals surface area (Å²) in [6, 6.07) is 1.20. The second kappa shape index (κ2) is 6.75. The minimum atomic E-state index is -0.782. The van der Waals surface area contributed by atoms with Crippen molar-refractivity contribution in [2.75, 3.05) is 44.3 Å². The van der Waals surface area contributed by atoms with Gasteiger partial charge in [0.25, 0.3) is 0 Å². The van der Waals surface area contributed by atoms with E-state index in [0.717, 1.165) is 40.9 Å². The molecule has 2 saturated heterocycles. The van der Waals surface area contributed by atoms with Gasteiger partial charge in [-0.2, -0.15) is 0 Å². The van der Waals surface area contributed by atoms with Crippen molar-refractivity contribution in [3.8, 4) is 0 Å². The third kappa shape index (κ3) is 2.98. The highest BCUT2D eigenvalue weighted by Gasteiger charge is 2.45. The first-order valence-electron chi connectivity index (χ1n) is 7.75. The Morgan fingerprint density at radius 2 is 1.71 bits per heavy atom. The largest absolute Gasteiger partial charge is 0.339 e. The molecule has 2 aliphatic heterocycles. The van der Waals surface area contributed by atoms with Crippen LogP contribution in [0.4, 0.5) is 10.7 Å². The fourth-order valence-electron chi connectivity index (χ4n) is 2.84. The number of amides is 4. The van der Waals surface area contributed by atoms with Crippen molar-refractivity contribution in [1.29, 1.82) is 0 Å². The van der Waals surface area contributed by atoms with Crippen LogP contribution in [-0.2, 0) is 9.59 Å². The fraction of sp³-hybridized carbons (Fsp3) is 0.400. The van der Waals surface area contributed by atoms with Gasteiger partial charge >= 0.3 is 17.8 Å². The second-order valence-corrected chi connectivity index (χ2v) is 5.66. The van der Waals surface area contributed by atoms with Crippen molar-refractivity contribution >= 4 is 23.8 Å². The van der Waals surface area contributed by atoms with Gasteiger partial charge in [-0.15, -0.1) is 6.58 Å². The summed E-state index contributed by atoms with van der Waals surface area (Å²) >= 11 is 0. The zero-order chi connectivity index (χ0) is 17.1. The van der Waals surface area contributed by atoms with Gasteiger partial charge in [0, 0.05) is 18.9 Å². The molecule has 0 atom stereocenters. The van der Waals surface area contributed by atoms with Crippen LogP contribution in [0.5, 0.6) is 0 Å². The molecule has 1 aromatic heterocycles. The summed E-state index contributed by atoms with van der Waals surface area (Å²) in [5.74, 6) is -0.865. The summed E-state index contributed by atoms with van der Waals surface area (Å²) in [5, 5.41) is 0. The maximum absolute atomic E-state index is 12.2. The number of nitrogens with one attached hydrogen (secondary N) is 1. The first-order valence-corrected chi connectivity index (χ1v) is 7.75. The van der Waals surface area contributed by atoms with E-state index in [-0.39, 0.29) is 13.2 Å². The first kappa shape index (κ1) is 16.1. The van der Waals surface area contributed by atoms with Crippen molar-refractivity contribution in [3.63, 3.8) is 0 Å². The van der Waals surface area contributed by atoms with Gasteiger partial charge in [0.05, 0.1) is 26.2 Å². The van der Waals surface area contributed by atoms with E-state index in [9.17, 15) is 14.4 Å². The van der Waals surface area contributed by atoms with Crippen LogP contribution in [0.15, 0.2) is 31.1 Å². The lowest BCUT2D eigenvalue weighted by Gasteiger charge is -2.33. The SMILES string of the molecule is C=CCN1C(=O)C(=O)N(C[NH+]2CCN(c3ncccn3)CC2)C1=O. The molecule has 2 aliphatic rings. The highest BCUT2D eigenvalue weighted by atomic mass is 16.2. The monoisotopic (exact) mass is 331 g/mol. The Kier molecular flexibility index (Phi) is 4.52. The molecule has 4 amide bonds. The van der Waals surface area contributed by atoms with E-state index in [2.05, 4.69) is 21.4 Å². The number of aromatic nitrogens is 2. The van der Waals surface area contributed by atoms with Gasteiger partial charge in [-0.1, -0.05) is 6.08 Å². The van der Waals surface area contributed by atoms with E-state index < -0.39 is 17.8 Å². The number of hydrogen-bond donors (Lipinski definition) is 1. The van der Waals surface area contributed by atoms with Crippen LogP contribution in [0.2, 0.25) is 0 Å². The lowest BCUT2D eigenvalue weighted by atomic mass is 10.3. The summed E-state index contributed by atoms with van der Waals surface area (Å²) in [6.07, 6.45) is 4.82. The lowest BCUT2D eigenvalue weighted by molar-refractivity contribution is -0.907. The highest BCUT2D eigenvalue weighted by Crippen LogP contribution is 2.10. The van der Waals surface area contributed by atoms with Crippen LogP contribution >= 0.6 is 0 Å². The molecule has 1 aromatic rings. The third-order valence-electron chi connectivity index (χ3n) is 4.13. The number of rotatable bonds is 5. The molecular weight excluding hydrogens is 312 g/mol. The van der Waals surface area contributed by atoms with Crippen molar-refractivity contribution in [2.45, 2.75) is 0 Å². The molecule has 0 aromatic carbocycles. The average Bonchev–Trinajstić information content (AvgIpc) is 2.81. The van der Waals surface area contributed by atoms with Crippen LogP contribution in [0.3, 0.4) is 0 Å². The Morgan fingerprint density at radius 1 is 1.08 bits per heavy atom. The minimum Gasteiger partial charge on any atom is -0.330 e. The second-order valence-electron chi connectivity index (χ2n) is 5.66. The van der Waals surface area contributed by atoms with Crippen LogP contribution in [0, 0.1) is 0 Å². The maximum atomic E-state index is 12.2. The number of quaternary nitrogens is 1. The zero-order valence-corrected chi connectivity index (χ0v) is 13.2. The summed E-state index contributed by atoms with van der Waals surface area (Å²) in [6.45, 7) is 6.64. The van der Waals surface area contributed by atoms with Crippen molar-refractivity contribution in [1.82, 2.24) is 19.8 Å². The Balaban J connectivity index is 1.58. The molecule has 3 rings (SSSR count). The van der Waals surface area contributed by atoms with E-state index in [0.29, 0.717) is 5.95 Å². The van der Waals surface area contributed by atoms with Gasteiger partial charge < -0.3 is 9.80 Å². The topological polar surface area (TPSA) is 91.2 Å². The van der Waals surface area contributed by atoms with E-state index in [4.69, 9.17) is 0 Å². The molecule has 126 valence electrons. The average molecular weight is 331 g/mol. The smallest absolute Gasteiger partial charge is 0.330 e. The van der Waals surface area contributed by atoms with E-state index >= 15 is 0 Å². The molecular formula is C15H19N6O3+. The predicted molar refractivity (Wildman–Crippen MR) is 84.0 cm³/mol. The van der Waals surface area contributed by atoms with Crippen LogP contribution in [0.25, 0.3) is 0 Å². The van der Waals surface area contributed by atoms with Crippen LogP contribution in [-0.4, -0.2) is 77.0 Å². The molecule has 9 nitrogen and oxygen atoms in total. The Morgan fingerprint density at radius 3 is 2.33 bits per heavy atom. The van der Waals surface area contributed by atoms with Gasteiger partial charge in [-0.05, 0) is 6.07 Å². The zero-order valence-electron chi connectivity index (χ0n) is 13.2. The number of piperazine rings is 1. The number of nitrogens with zero attached hydrogens (tertiary/aromatic N) is 5. The van der Waals surface area contributed by atoms with Crippen LogP contribution < -0.4 is 9.80 Å². The molecule has 0 radical (unpaired) electrons. The van der Waals surface area contributed by atoms with Gasteiger partial charge in [-0.25, -0.2) is 19.7 Å². The van der Waals surface area contributed by atoms with Crippen molar-refractivity contribution < 1.29 is 19.3 Å². The van der Waals surface area contributed by atoms with E-state index in [1.54, 1.807) is 18.5 Å². The van der Waals surface area contributed by atoms with E-state index in [1.807, 2.05) is 0 Å². The first-order chi connectivity index (χ1) is 11.6. The molecule has 3 heterocycles. The fourth-order valence-corrected chi connectivity index (χ4v) is 2.84. The molecule has 0 spiro atoms. The number of imide groups is 2. The Labute approximate surface area is 139 Å².